The van der Waals surface area contributed by atoms with Gasteiger partial charge in [0.1, 0.15) is 0 Å². The molecule has 1 aliphatic rings. The maximum atomic E-state index is 11.9. The van der Waals surface area contributed by atoms with E-state index in [1.165, 1.54) is 12.0 Å². The number of rotatable bonds is 3. The Bertz CT molecular complexity index is 581. The van der Waals surface area contributed by atoms with E-state index in [1.807, 2.05) is 0 Å². The molecule has 1 fully saturated rings. The van der Waals surface area contributed by atoms with Crippen LogP contribution in [0.15, 0.2) is 18.2 Å². The molecule has 1 amide bonds. The van der Waals surface area contributed by atoms with Gasteiger partial charge >= 0.3 is 11.9 Å². The summed E-state index contributed by atoms with van der Waals surface area (Å²) in [6.45, 7) is 1.93. The normalized spacial score (nSPS) is 18.2. The zero-order chi connectivity index (χ0) is 14.9. The van der Waals surface area contributed by atoms with Crippen LogP contribution in [0.5, 0.6) is 0 Å². The Morgan fingerprint density at radius 3 is 2.60 bits per heavy atom. The molecule has 0 aromatic heterocycles. The summed E-state index contributed by atoms with van der Waals surface area (Å²) in [5.74, 6) is -2.31. The highest BCUT2D eigenvalue weighted by Gasteiger charge is 2.35. The summed E-state index contributed by atoms with van der Waals surface area (Å²) >= 11 is 0. The third-order valence-corrected chi connectivity index (χ3v) is 3.38. The van der Waals surface area contributed by atoms with Crippen LogP contribution in [0.1, 0.15) is 22.3 Å². The number of ether oxygens (including phenoxy) is 1. The topological polar surface area (TPSA) is 83.9 Å². The maximum absolute atomic E-state index is 11.9. The van der Waals surface area contributed by atoms with Crippen LogP contribution in [0.25, 0.3) is 0 Å². The van der Waals surface area contributed by atoms with Crippen molar-refractivity contribution in [3.8, 4) is 0 Å². The first-order chi connectivity index (χ1) is 9.43. The highest BCUT2D eigenvalue weighted by Crippen LogP contribution is 2.28. The Labute approximate surface area is 115 Å². The third kappa shape index (κ3) is 2.49. The van der Waals surface area contributed by atoms with Crippen molar-refractivity contribution in [2.24, 2.45) is 5.92 Å². The number of carbonyl (C=O) groups is 3. The highest BCUT2D eigenvalue weighted by molar-refractivity contribution is 6.00. The first-order valence-corrected chi connectivity index (χ1v) is 6.16. The number of carboxylic acids is 1. The summed E-state index contributed by atoms with van der Waals surface area (Å²) in [7, 11) is 1.30. The van der Waals surface area contributed by atoms with Crippen LogP contribution in [0.3, 0.4) is 0 Å². The molecule has 1 atom stereocenters. The number of aliphatic carboxylic acids is 1. The maximum Gasteiger partial charge on any atom is 0.337 e. The molecular weight excluding hydrogens is 262 g/mol. The monoisotopic (exact) mass is 277 g/mol. The van der Waals surface area contributed by atoms with E-state index in [9.17, 15) is 14.4 Å². The lowest BCUT2D eigenvalue weighted by atomic mass is 10.1. The van der Waals surface area contributed by atoms with Crippen molar-refractivity contribution in [3.63, 3.8) is 0 Å². The highest BCUT2D eigenvalue weighted by atomic mass is 16.5. The molecule has 1 aromatic rings. The van der Waals surface area contributed by atoms with Crippen LogP contribution >= 0.6 is 0 Å². The SMILES string of the molecule is COC(=O)c1ccc(N2CC(C(=O)O)CC2=O)c(C)c1. The van der Waals surface area contributed by atoms with Gasteiger partial charge in [0.25, 0.3) is 0 Å². The first-order valence-electron chi connectivity index (χ1n) is 6.16. The Morgan fingerprint density at radius 2 is 2.10 bits per heavy atom. The number of benzene rings is 1. The lowest BCUT2D eigenvalue weighted by Gasteiger charge is -2.19. The Kier molecular flexibility index (Phi) is 3.74. The summed E-state index contributed by atoms with van der Waals surface area (Å²) < 4.78 is 4.63. The second-order valence-electron chi connectivity index (χ2n) is 4.74. The second-order valence-corrected chi connectivity index (χ2v) is 4.74. The summed E-state index contributed by atoms with van der Waals surface area (Å²) in [6, 6.07) is 4.84. The largest absolute Gasteiger partial charge is 0.481 e. The molecule has 1 unspecified atom stereocenters. The van der Waals surface area contributed by atoms with Crippen molar-refractivity contribution < 1.29 is 24.2 Å². The summed E-state index contributed by atoms with van der Waals surface area (Å²) in [5.41, 5.74) is 1.76. The van der Waals surface area contributed by atoms with Gasteiger partial charge < -0.3 is 14.7 Å². The number of hydrogen-bond acceptors (Lipinski definition) is 4. The fraction of sp³-hybridized carbons (Fsp3) is 0.357. The number of methoxy groups -OCH3 is 1. The molecule has 1 aliphatic heterocycles. The van der Waals surface area contributed by atoms with Gasteiger partial charge in [-0.05, 0) is 30.7 Å². The van der Waals surface area contributed by atoms with Gasteiger partial charge in [0.05, 0.1) is 18.6 Å². The van der Waals surface area contributed by atoms with Gasteiger partial charge in [0.2, 0.25) is 5.91 Å². The second kappa shape index (κ2) is 5.32. The van der Waals surface area contributed by atoms with E-state index >= 15 is 0 Å². The van der Waals surface area contributed by atoms with E-state index in [1.54, 1.807) is 25.1 Å². The molecule has 1 saturated heterocycles. The molecule has 0 spiro atoms. The quantitative estimate of drug-likeness (QED) is 0.840. The first kappa shape index (κ1) is 14.0. The number of carbonyl (C=O) groups excluding carboxylic acids is 2. The van der Waals surface area contributed by atoms with Crippen molar-refractivity contribution in [1.29, 1.82) is 0 Å². The summed E-state index contributed by atoms with van der Waals surface area (Å²) in [4.78, 5) is 35.7. The van der Waals surface area contributed by atoms with E-state index in [4.69, 9.17) is 5.11 Å². The van der Waals surface area contributed by atoms with E-state index in [0.717, 1.165) is 5.56 Å². The molecule has 6 heteroatoms. The molecule has 1 aromatic carbocycles. The van der Waals surface area contributed by atoms with Crippen LogP contribution < -0.4 is 4.90 Å². The van der Waals surface area contributed by atoms with Gasteiger partial charge in [-0.3, -0.25) is 9.59 Å². The molecule has 106 valence electrons. The van der Waals surface area contributed by atoms with Gasteiger partial charge in [0, 0.05) is 18.7 Å². The van der Waals surface area contributed by atoms with E-state index in [2.05, 4.69) is 4.74 Å². The van der Waals surface area contributed by atoms with E-state index in [-0.39, 0.29) is 18.9 Å². The molecule has 2 rings (SSSR count). The number of nitrogens with zero attached hydrogens (tertiary/aromatic N) is 1. The predicted molar refractivity (Wildman–Crippen MR) is 70.6 cm³/mol. The minimum atomic E-state index is -0.968. The van der Waals surface area contributed by atoms with Gasteiger partial charge in [-0.25, -0.2) is 4.79 Å². The van der Waals surface area contributed by atoms with Crippen molar-refractivity contribution in [1.82, 2.24) is 0 Å². The average Bonchev–Trinajstić information content (AvgIpc) is 2.80. The molecule has 1 N–H and O–H groups in total. The lowest BCUT2D eigenvalue weighted by Crippen LogP contribution is -2.26. The average molecular weight is 277 g/mol. The van der Waals surface area contributed by atoms with Gasteiger partial charge in [-0.2, -0.15) is 0 Å². The van der Waals surface area contributed by atoms with E-state index in [0.29, 0.717) is 11.3 Å². The zero-order valence-corrected chi connectivity index (χ0v) is 11.3. The molecule has 0 bridgehead atoms. The molecule has 0 saturated carbocycles. The van der Waals surface area contributed by atoms with Crippen molar-refractivity contribution in [2.75, 3.05) is 18.6 Å². The van der Waals surface area contributed by atoms with Gasteiger partial charge in [-0.15, -0.1) is 0 Å². The van der Waals surface area contributed by atoms with Crippen LogP contribution in [0, 0.1) is 12.8 Å². The third-order valence-electron chi connectivity index (χ3n) is 3.38. The number of carboxylic acid groups (broad SMARTS) is 1. The van der Waals surface area contributed by atoms with Crippen molar-refractivity contribution in [2.45, 2.75) is 13.3 Å². The molecule has 0 radical (unpaired) electrons. The minimum absolute atomic E-state index is 0.00747. The van der Waals surface area contributed by atoms with Crippen LogP contribution in [-0.2, 0) is 14.3 Å². The molecule has 6 nitrogen and oxygen atoms in total. The number of hydrogen-bond donors (Lipinski definition) is 1. The Morgan fingerprint density at radius 1 is 1.40 bits per heavy atom. The number of amides is 1. The molecular formula is C14H15NO5. The molecule has 1 heterocycles. The van der Waals surface area contributed by atoms with Gasteiger partial charge in [-0.1, -0.05) is 0 Å². The van der Waals surface area contributed by atoms with E-state index < -0.39 is 17.9 Å². The summed E-state index contributed by atoms with van der Waals surface area (Å²) in [6.07, 6.45) is 0.00747. The van der Waals surface area contributed by atoms with Crippen LogP contribution in [0.2, 0.25) is 0 Å². The standard InChI is InChI=1S/C14H15NO5/c1-8-5-9(14(19)20-2)3-4-11(8)15-7-10(13(17)18)6-12(15)16/h3-5,10H,6-7H2,1-2H3,(H,17,18). The fourth-order valence-corrected chi connectivity index (χ4v) is 2.31. The lowest BCUT2D eigenvalue weighted by molar-refractivity contribution is -0.141. The van der Waals surface area contributed by atoms with Crippen molar-refractivity contribution >= 4 is 23.5 Å². The van der Waals surface area contributed by atoms with Gasteiger partial charge in [0.15, 0.2) is 0 Å². The number of aryl methyl sites for hydroxylation is 1. The number of anilines is 1. The van der Waals surface area contributed by atoms with Crippen LogP contribution in [0.4, 0.5) is 5.69 Å². The predicted octanol–water partition coefficient (Wildman–Crippen LogP) is 1.22. The Balaban J connectivity index is 2.28. The summed E-state index contributed by atoms with van der Waals surface area (Å²) in [5, 5.41) is 8.97. The van der Waals surface area contributed by atoms with Crippen molar-refractivity contribution in [3.05, 3.63) is 29.3 Å². The van der Waals surface area contributed by atoms with Crippen LogP contribution in [-0.4, -0.2) is 36.6 Å². The molecule has 0 aliphatic carbocycles. The smallest absolute Gasteiger partial charge is 0.337 e. The minimum Gasteiger partial charge on any atom is -0.481 e. The Hall–Kier alpha value is -2.37. The molecule has 20 heavy (non-hydrogen) atoms. The fourth-order valence-electron chi connectivity index (χ4n) is 2.31. The number of esters is 1. The zero-order valence-electron chi connectivity index (χ0n) is 11.3.